The van der Waals surface area contributed by atoms with Gasteiger partial charge in [0.05, 0.1) is 6.20 Å². The monoisotopic (exact) mass is 331 g/mol. The Hall–Kier alpha value is -2.11. The van der Waals surface area contributed by atoms with E-state index in [0.29, 0.717) is 13.1 Å². The molecule has 2 fully saturated rings. The SMILES string of the molecule is CC(=O)N1CCC(C(=O)N2CCC(Oc3cccnc3)CC2)CC1. The molecule has 2 aliphatic heterocycles. The van der Waals surface area contributed by atoms with Gasteiger partial charge in [-0.1, -0.05) is 0 Å². The highest BCUT2D eigenvalue weighted by molar-refractivity contribution is 5.79. The Bertz CT molecular complexity index is 562. The molecule has 24 heavy (non-hydrogen) atoms. The van der Waals surface area contributed by atoms with Crippen LogP contribution in [0.3, 0.4) is 0 Å². The van der Waals surface area contributed by atoms with Crippen molar-refractivity contribution >= 4 is 11.8 Å². The zero-order valence-electron chi connectivity index (χ0n) is 14.2. The van der Waals surface area contributed by atoms with Crippen molar-refractivity contribution < 1.29 is 14.3 Å². The molecular weight excluding hydrogens is 306 g/mol. The highest BCUT2D eigenvalue weighted by atomic mass is 16.5. The molecule has 3 heterocycles. The van der Waals surface area contributed by atoms with E-state index in [4.69, 9.17) is 4.74 Å². The normalized spacial score (nSPS) is 20.0. The topological polar surface area (TPSA) is 62.7 Å². The smallest absolute Gasteiger partial charge is 0.225 e. The Morgan fingerprint density at radius 1 is 1.08 bits per heavy atom. The number of rotatable bonds is 3. The van der Waals surface area contributed by atoms with Gasteiger partial charge in [-0.2, -0.15) is 0 Å². The highest BCUT2D eigenvalue weighted by Gasteiger charge is 2.31. The molecule has 2 amide bonds. The second-order valence-corrected chi connectivity index (χ2v) is 6.61. The molecule has 130 valence electrons. The summed E-state index contributed by atoms with van der Waals surface area (Å²) in [5, 5.41) is 0. The van der Waals surface area contributed by atoms with E-state index in [2.05, 4.69) is 4.98 Å². The average Bonchev–Trinajstić information content (AvgIpc) is 2.63. The Kier molecular flexibility index (Phi) is 5.33. The molecule has 0 atom stereocenters. The first-order valence-corrected chi connectivity index (χ1v) is 8.74. The molecule has 0 radical (unpaired) electrons. The number of pyridine rings is 1. The second kappa shape index (κ2) is 7.64. The van der Waals surface area contributed by atoms with Crippen LogP contribution in [-0.4, -0.2) is 58.9 Å². The number of hydrogen-bond donors (Lipinski definition) is 0. The minimum absolute atomic E-state index is 0.0661. The van der Waals surface area contributed by atoms with Crippen molar-refractivity contribution in [1.29, 1.82) is 0 Å². The van der Waals surface area contributed by atoms with Gasteiger partial charge in [-0.3, -0.25) is 14.6 Å². The number of nitrogens with zero attached hydrogens (tertiary/aromatic N) is 3. The lowest BCUT2D eigenvalue weighted by Gasteiger charge is -2.37. The van der Waals surface area contributed by atoms with E-state index in [1.807, 2.05) is 21.9 Å². The van der Waals surface area contributed by atoms with Gasteiger partial charge in [-0.15, -0.1) is 0 Å². The van der Waals surface area contributed by atoms with Crippen LogP contribution in [0.4, 0.5) is 0 Å². The van der Waals surface area contributed by atoms with Crippen LogP contribution >= 0.6 is 0 Å². The molecule has 6 heteroatoms. The molecule has 3 rings (SSSR count). The maximum atomic E-state index is 12.7. The predicted molar refractivity (Wildman–Crippen MR) is 89.4 cm³/mol. The van der Waals surface area contributed by atoms with E-state index < -0.39 is 0 Å². The average molecular weight is 331 g/mol. The molecule has 1 aromatic rings. The van der Waals surface area contributed by atoms with Gasteiger partial charge in [0.25, 0.3) is 0 Å². The molecule has 0 spiro atoms. The zero-order valence-corrected chi connectivity index (χ0v) is 14.2. The molecule has 2 aliphatic rings. The molecule has 2 saturated heterocycles. The summed E-state index contributed by atoms with van der Waals surface area (Å²) in [6, 6.07) is 3.77. The Labute approximate surface area is 142 Å². The van der Waals surface area contributed by atoms with Crippen LogP contribution < -0.4 is 4.74 Å². The molecule has 0 aliphatic carbocycles. The predicted octanol–water partition coefficient (Wildman–Crippen LogP) is 1.71. The van der Waals surface area contributed by atoms with E-state index in [1.165, 1.54) is 0 Å². The van der Waals surface area contributed by atoms with E-state index in [0.717, 1.165) is 44.5 Å². The molecule has 6 nitrogen and oxygen atoms in total. The first kappa shape index (κ1) is 16.7. The lowest BCUT2D eigenvalue weighted by molar-refractivity contribution is -0.141. The van der Waals surface area contributed by atoms with Crippen molar-refractivity contribution in [2.75, 3.05) is 26.2 Å². The summed E-state index contributed by atoms with van der Waals surface area (Å²) in [4.78, 5) is 31.9. The molecule has 1 aromatic heterocycles. The summed E-state index contributed by atoms with van der Waals surface area (Å²) in [5.41, 5.74) is 0. The van der Waals surface area contributed by atoms with Crippen LogP contribution in [0.5, 0.6) is 5.75 Å². The number of carbonyl (C=O) groups is 2. The lowest BCUT2D eigenvalue weighted by Crippen LogP contribution is -2.47. The second-order valence-electron chi connectivity index (χ2n) is 6.61. The summed E-state index contributed by atoms with van der Waals surface area (Å²) >= 11 is 0. The van der Waals surface area contributed by atoms with E-state index in [-0.39, 0.29) is 23.8 Å². The van der Waals surface area contributed by atoms with Crippen LogP contribution in [0.1, 0.15) is 32.6 Å². The lowest BCUT2D eigenvalue weighted by atomic mass is 9.94. The maximum Gasteiger partial charge on any atom is 0.225 e. The van der Waals surface area contributed by atoms with Crippen LogP contribution in [0.25, 0.3) is 0 Å². The number of hydrogen-bond acceptors (Lipinski definition) is 4. The summed E-state index contributed by atoms with van der Waals surface area (Å²) < 4.78 is 5.92. The van der Waals surface area contributed by atoms with Gasteiger partial charge in [0.15, 0.2) is 0 Å². The summed E-state index contributed by atoms with van der Waals surface area (Å²) in [7, 11) is 0. The molecular formula is C18H25N3O3. The van der Waals surface area contributed by atoms with Crippen molar-refractivity contribution in [3.63, 3.8) is 0 Å². The first-order valence-electron chi connectivity index (χ1n) is 8.74. The molecule has 0 bridgehead atoms. The summed E-state index contributed by atoms with van der Waals surface area (Å²) in [5.74, 6) is 1.21. The quantitative estimate of drug-likeness (QED) is 0.846. The number of ether oxygens (including phenoxy) is 1. The number of likely N-dealkylation sites (tertiary alicyclic amines) is 2. The van der Waals surface area contributed by atoms with Crippen LogP contribution in [0.2, 0.25) is 0 Å². The van der Waals surface area contributed by atoms with Crippen LogP contribution in [0.15, 0.2) is 24.5 Å². The minimum atomic E-state index is 0.0661. The fraction of sp³-hybridized carbons (Fsp3) is 0.611. The molecule has 0 N–H and O–H groups in total. The zero-order chi connectivity index (χ0) is 16.9. The third-order valence-electron chi connectivity index (χ3n) is 4.98. The maximum absolute atomic E-state index is 12.7. The molecule has 0 unspecified atom stereocenters. The first-order chi connectivity index (χ1) is 11.6. The van der Waals surface area contributed by atoms with Gasteiger partial charge in [0.1, 0.15) is 11.9 Å². The van der Waals surface area contributed by atoms with Crippen molar-refractivity contribution in [2.45, 2.75) is 38.7 Å². The largest absolute Gasteiger partial charge is 0.489 e. The Morgan fingerprint density at radius 3 is 2.33 bits per heavy atom. The van der Waals surface area contributed by atoms with E-state index in [9.17, 15) is 9.59 Å². The van der Waals surface area contributed by atoms with Crippen molar-refractivity contribution in [1.82, 2.24) is 14.8 Å². The van der Waals surface area contributed by atoms with Crippen LogP contribution in [0, 0.1) is 5.92 Å². The van der Waals surface area contributed by atoms with Crippen molar-refractivity contribution in [3.05, 3.63) is 24.5 Å². The Balaban J connectivity index is 1.45. The van der Waals surface area contributed by atoms with E-state index in [1.54, 1.807) is 19.3 Å². The summed E-state index contributed by atoms with van der Waals surface area (Å²) in [6.07, 6.45) is 6.87. The molecule has 0 aromatic carbocycles. The fourth-order valence-corrected chi connectivity index (χ4v) is 3.50. The number of piperidine rings is 2. The van der Waals surface area contributed by atoms with Gasteiger partial charge >= 0.3 is 0 Å². The number of aromatic nitrogens is 1. The third kappa shape index (κ3) is 4.04. The standard InChI is InChI=1S/C18H25N3O3/c1-14(22)20-9-4-15(5-10-20)18(23)21-11-6-16(7-12-21)24-17-3-2-8-19-13-17/h2-3,8,13,15-16H,4-7,9-12H2,1H3. The minimum Gasteiger partial charge on any atom is -0.489 e. The number of carbonyl (C=O) groups excluding carboxylic acids is 2. The summed E-state index contributed by atoms with van der Waals surface area (Å²) in [6.45, 7) is 4.49. The van der Waals surface area contributed by atoms with Crippen LogP contribution in [-0.2, 0) is 9.59 Å². The fourth-order valence-electron chi connectivity index (χ4n) is 3.50. The van der Waals surface area contributed by atoms with Gasteiger partial charge in [0.2, 0.25) is 11.8 Å². The Morgan fingerprint density at radius 2 is 1.75 bits per heavy atom. The van der Waals surface area contributed by atoms with Gasteiger partial charge in [-0.05, 0) is 25.0 Å². The van der Waals surface area contributed by atoms with Crippen molar-refractivity contribution in [3.8, 4) is 5.75 Å². The number of amides is 2. The molecule has 0 saturated carbocycles. The van der Waals surface area contributed by atoms with Gasteiger partial charge in [0, 0.05) is 58.1 Å². The third-order valence-corrected chi connectivity index (χ3v) is 4.98. The van der Waals surface area contributed by atoms with E-state index >= 15 is 0 Å². The van der Waals surface area contributed by atoms with Gasteiger partial charge in [-0.25, -0.2) is 0 Å². The van der Waals surface area contributed by atoms with Crippen molar-refractivity contribution in [2.24, 2.45) is 5.92 Å². The highest BCUT2D eigenvalue weighted by Crippen LogP contribution is 2.23. The van der Waals surface area contributed by atoms with Gasteiger partial charge < -0.3 is 14.5 Å².